The number of piperidine rings is 1. The zero-order valence-electron chi connectivity index (χ0n) is 37.5. The molecule has 67 heavy (non-hydrogen) atoms. The third kappa shape index (κ3) is 8.20. The third-order valence-corrected chi connectivity index (χ3v) is 16.6. The molecule has 6 aliphatic rings. The lowest BCUT2D eigenvalue weighted by molar-refractivity contribution is -0.384. The monoisotopic (exact) mass is 932 g/mol. The van der Waals surface area contributed by atoms with Gasteiger partial charge in [-0.25, -0.2) is 13.1 Å². The number of hydrogen-bond acceptors (Lipinski definition) is 14. The molecular formula is C49H56N8O9S. The van der Waals surface area contributed by atoms with E-state index >= 15 is 0 Å². The maximum absolute atomic E-state index is 14.6. The van der Waals surface area contributed by atoms with E-state index in [-0.39, 0.29) is 28.6 Å². The molecule has 7 heterocycles. The van der Waals surface area contributed by atoms with E-state index in [1.165, 1.54) is 24.1 Å². The molecule has 4 saturated heterocycles. The fourth-order valence-electron chi connectivity index (χ4n) is 11.6. The second-order valence-electron chi connectivity index (χ2n) is 19.1. The first-order chi connectivity index (χ1) is 32.6. The number of anilines is 4. The molecule has 3 N–H and O–H groups in total. The largest absolute Gasteiger partial charge is 0.496 e. The maximum atomic E-state index is 14.6. The number of nitrogens with zero attached hydrogens (tertiary/aromatic N) is 5. The van der Waals surface area contributed by atoms with Crippen molar-refractivity contribution in [2.24, 2.45) is 11.3 Å². The summed E-state index contributed by atoms with van der Waals surface area (Å²) in [6.45, 7) is 5.12. The molecule has 352 valence electrons. The second-order valence-corrected chi connectivity index (χ2v) is 20.7. The Hall–Kier alpha value is -5.95. The molecule has 5 aromatic rings. The normalized spacial score (nSPS) is 23.1. The number of hydrogen-bond donors (Lipinski definition) is 3. The van der Waals surface area contributed by atoms with Gasteiger partial charge in [0, 0.05) is 73.8 Å². The number of pyridine rings is 1. The van der Waals surface area contributed by atoms with Gasteiger partial charge in [-0.15, -0.1) is 0 Å². The summed E-state index contributed by atoms with van der Waals surface area (Å²) in [4.78, 5) is 40.9. The molecule has 1 saturated carbocycles. The van der Waals surface area contributed by atoms with E-state index in [1.54, 1.807) is 19.4 Å². The number of rotatable bonds is 12. The van der Waals surface area contributed by atoms with E-state index in [9.17, 15) is 23.3 Å². The van der Waals surface area contributed by atoms with Gasteiger partial charge >= 0.3 is 0 Å². The number of benzene rings is 3. The summed E-state index contributed by atoms with van der Waals surface area (Å²) < 4.78 is 54.0. The highest BCUT2D eigenvalue weighted by atomic mass is 32.2. The summed E-state index contributed by atoms with van der Waals surface area (Å²) in [5, 5.41) is 16.2. The Kier molecular flexibility index (Phi) is 11.5. The molecule has 1 aliphatic carbocycles. The fourth-order valence-corrected chi connectivity index (χ4v) is 12.6. The summed E-state index contributed by atoms with van der Waals surface area (Å²) in [5.41, 5.74) is 4.12. The molecule has 5 fully saturated rings. The Bertz CT molecular complexity index is 2800. The molecule has 0 bridgehead atoms. The number of methoxy groups -OCH3 is 1. The lowest BCUT2D eigenvalue weighted by Crippen LogP contribution is -2.54. The third-order valence-electron chi connectivity index (χ3n) is 15.2. The molecule has 0 unspecified atom stereocenters. The molecule has 1 amide bonds. The van der Waals surface area contributed by atoms with Crippen LogP contribution in [-0.4, -0.2) is 112 Å². The average Bonchev–Trinajstić information content (AvgIpc) is 4.13. The average molecular weight is 933 g/mol. The number of fused-ring (bicyclic) bond motifs is 3. The highest BCUT2D eigenvalue weighted by Crippen LogP contribution is 2.55. The van der Waals surface area contributed by atoms with Crippen LogP contribution in [0.2, 0.25) is 0 Å². The Morgan fingerprint density at radius 1 is 0.970 bits per heavy atom. The predicted octanol–water partition coefficient (Wildman–Crippen LogP) is 7.32. The number of aromatic nitrogens is 2. The molecule has 3 aromatic carbocycles. The van der Waals surface area contributed by atoms with Crippen LogP contribution in [0.5, 0.6) is 11.6 Å². The zero-order chi connectivity index (χ0) is 45.9. The van der Waals surface area contributed by atoms with Crippen LogP contribution in [0.4, 0.5) is 28.4 Å². The van der Waals surface area contributed by atoms with Gasteiger partial charge in [-0.05, 0) is 118 Å². The summed E-state index contributed by atoms with van der Waals surface area (Å²) in [7, 11) is -2.84. The number of sulfonamides is 1. The van der Waals surface area contributed by atoms with Crippen LogP contribution in [0.15, 0.2) is 83.9 Å². The minimum absolute atomic E-state index is 0.106. The number of nitrogens with one attached hydrogen (secondary N) is 3. The van der Waals surface area contributed by atoms with E-state index in [0.717, 1.165) is 87.5 Å². The van der Waals surface area contributed by atoms with Crippen LogP contribution in [0.3, 0.4) is 0 Å². The number of H-pyrrole nitrogens is 1. The molecule has 5 aliphatic heterocycles. The maximum Gasteiger partial charge on any atom is 0.293 e. The first kappa shape index (κ1) is 43.6. The van der Waals surface area contributed by atoms with Crippen molar-refractivity contribution in [1.29, 1.82) is 0 Å². The molecule has 11 rings (SSSR count). The van der Waals surface area contributed by atoms with Crippen LogP contribution < -0.4 is 29.3 Å². The number of para-hydroxylation sites is 1. The van der Waals surface area contributed by atoms with E-state index < -0.39 is 37.5 Å². The van der Waals surface area contributed by atoms with Gasteiger partial charge in [0.1, 0.15) is 28.9 Å². The fraction of sp³-hybridized carbons (Fsp3) is 0.469. The molecule has 1 spiro atoms. The Balaban J connectivity index is 0.868. The van der Waals surface area contributed by atoms with E-state index in [1.807, 2.05) is 35.2 Å². The minimum Gasteiger partial charge on any atom is -0.496 e. The van der Waals surface area contributed by atoms with Crippen molar-refractivity contribution in [3.8, 4) is 11.6 Å². The van der Waals surface area contributed by atoms with Gasteiger partial charge in [0.15, 0.2) is 0 Å². The number of carbonyl (C=O) groups excluding carboxylic acids is 1. The van der Waals surface area contributed by atoms with Crippen LogP contribution >= 0.6 is 0 Å². The van der Waals surface area contributed by atoms with Crippen LogP contribution in [0.25, 0.3) is 11.0 Å². The predicted molar refractivity (Wildman–Crippen MR) is 252 cm³/mol. The van der Waals surface area contributed by atoms with E-state index in [0.29, 0.717) is 68.0 Å². The van der Waals surface area contributed by atoms with Crippen molar-refractivity contribution in [1.82, 2.24) is 19.6 Å². The summed E-state index contributed by atoms with van der Waals surface area (Å²) in [5.74, 6) is 0.723. The molecule has 17 nitrogen and oxygen atoms in total. The number of nitro groups is 1. The number of likely N-dealkylation sites (tertiary alicyclic amines) is 1. The molecule has 18 heteroatoms. The van der Waals surface area contributed by atoms with Crippen molar-refractivity contribution in [3.63, 3.8) is 0 Å². The summed E-state index contributed by atoms with van der Waals surface area (Å²) in [6, 6.07) is 22.0. The topological polar surface area (TPSA) is 194 Å². The van der Waals surface area contributed by atoms with Crippen molar-refractivity contribution in [2.75, 3.05) is 74.8 Å². The number of ether oxygens (including phenoxy) is 4. The van der Waals surface area contributed by atoms with Crippen LogP contribution in [-0.2, 0) is 19.5 Å². The summed E-state index contributed by atoms with van der Waals surface area (Å²) in [6.07, 6.45) is 9.77. The Morgan fingerprint density at radius 3 is 2.60 bits per heavy atom. The highest BCUT2D eigenvalue weighted by molar-refractivity contribution is 7.90. The van der Waals surface area contributed by atoms with Gasteiger partial charge in [-0.3, -0.25) is 19.8 Å². The van der Waals surface area contributed by atoms with Crippen molar-refractivity contribution in [2.45, 2.75) is 80.5 Å². The molecule has 2 aromatic heterocycles. The standard InChI is InChI=1S/C49H56N8O9S/c1-63-44-7-3-2-5-36(44)39-6-4-18-55(39)34-26-49(27-34)15-19-54(20-16-49)33-8-10-37(40(24-33)56-42-23-32-12-17-50-46(32)52-48(42)66-45-30-65-29-43(45)56)47(58)53-67(61,62)35-9-11-38(41(25-35)57(59)60)51-28-31-13-21-64-22-14-31/h2-3,5,7-12,17,23-25,31,34,39,43,45,51H,4,6,13-16,18-22,26-30H2,1H3,(H,50,52)(H,53,58)/t39-,43+,45+/m0/s1. The molecular weight excluding hydrogens is 877 g/mol. The van der Waals surface area contributed by atoms with Gasteiger partial charge in [-0.2, -0.15) is 4.98 Å². The van der Waals surface area contributed by atoms with Crippen LogP contribution in [0, 0.1) is 21.4 Å². The Labute approximate surface area is 389 Å². The van der Waals surface area contributed by atoms with Gasteiger partial charge in [-0.1, -0.05) is 18.2 Å². The van der Waals surface area contributed by atoms with E-state index in [2.05, 4.69) is 43.0 Å². The minimum atomic E-state index is -4.59. The number of aromatic amines is 1. The quantitative estimate of drug-likeness (QED) is 0.0832. The smallest absolute Gasteiger partial charge is 0.293 e. The summed E-state index contributed by atoms with van der Waals surface area (Å²) >= 11 is 0. The van der Waals surface area contributed by atoms with Crippen molar-refractivity contribution in [3.05, 3.63) is 100 Å². The number of amides is 1. The van der Waals surface area contributed by atoms with Gasteiger partial charge in [0.25, 0.3) is 21.6 Å². The van der Waals surface area contributed by atoms with Crippen molar-refractivity contribution >= 4 is 55.4 Å². The number of carbonyl (C=O) groups is 1. The lowest BCUT2D eigenvalue weighted by Gasteiger charge is -2.56. The number of nitro benzene ring substituents is 1. The Morgan fingerprint density at radius 2 is 1.79 bits per heavy atom. The lowest BCUT2D eigenvalue weighted by atomic mass is 9.60. The van der Waals surface area contributed by atoms with Gasteiger partial charge < -0.3 is 39.0 Å². The van der Waals surface area contributed by atoms with Crippen molar-refractivity contribution < 1.29 is 37.1 Å². The highest BCUT2D eigenvalue weighted by Gasteiger charge is 2.50. The van der Waals surface area contributed by atoms with Gasteiger partial charge in [0.2, 0.25) is 5.88 Å². The van der Waals surface area contributed by atoms with Crippen LogP contribution in [0.1, 0.15) is 73.3 Å². The van der Waals surface area contributed by atoms with Gasteiger partial charge in [0.05, 0.1) is 47.4 Å². The molecule has 3 atom stereocenters. The second kappa shape index (κ2) is 17.6. The first-order valence-electron chi connectivity index (χ1n) is 23.5. The van der Waals surface area contributed by atoms with E-state index in [4.69, 9.17) is 23.9 Å². The first-order valence-corrected chi connectivity index (χ1v) is 25.0. The zero-order valence-corrected chi connectivity index (χ0v) is 38.3. The molecule has 0 radical (unpaired) electrons. The SMILES string of the molecule is COc1ccccc1[C@@H]1CCCN1C1CC2(CCN(c3ccc(C(=O)NS(=O)(=O)c4ccc(NCC5CCOCC5)c([N+](=O)[O-])c4)c(N4c5cc6cc[nH]c6nc5O[C@@H]5COC[C@H]54)c3)CC2)C1.